The zero-order valence-corrected chi connectivity index (χ0v) is 12.0. The molecular formula is C10H7ClFIN4O. The summed E-state index contributed by atoms with van der Waals surface area (Å²) in [6.07, 6.45) is 0. The normalized spacial score (nSPS) is 10.2. The molecule has 0 amide bonds. The van der Waals surface area contributed by atoms with Crippen LogP contribution in [-0.4, -0.2) is 22.1 Å². The molecule has 94 valence electrons. The summed E-state index contributed by atoms with van der Waals surface area (Å²) in [6, 6.07) is 4.42. The number of benzene rings is 1. The first-order valence-corrected chi connectivity index (χ1v) is 6.22. The first-order chi connectivity index (χ1) is 8.58. The molecule has 2 rings (SSSR count). The fourth-order valence-corrected chi connectivity index (χ4v) is 1.95. The summed E-state index contributed by atoms with van der Waals surface area (Å²) in [5.74, 6) is -0.0763. The minimum Gasteiger partial charge on any atom is -0.467 e. The molecule has 0 saturated heterocycles. The number of methoxy groups -OCH3 is 1. The Bertz CT molecular complexity index is 584. The quantitative estimate of drug-likeness (QED) is 0.830. The highest BCUT2D eigenvalue weighted by molar-refractivity contribution is 14.1. The molecule has 5 nitrogen and oxygen atoms in total. The van der Waals surface area contributed by atoms with Gasteiger partial charge in [-0.1, -0.05) is 0 Å². The predicted octanol–water partition coefficient (Wildman–Crippen LogP) is 3.02. The van der Waals surface area contributed by atoms with Crippen molar-refractivity contribution in [3.05, 3.63) is 32.9 Å². The minimum atomic E-state index is -0.309. The Labute approximate surface area is 121 Å². The van der Waals surface area contributed by atoms with Gasteiger partial charge in [0.15, 0.2) is 0 Å². The second-order valence-corrected chi connectivity index (χ2v) is 4.66. The van der Waals surface area contributed by atoms with Crippen molar-refractivity contribution in [2.75, 3.05) is 12.4 Å². The van der Waals surface area contributed by atoms with Crippen molar-refractivity contribution in [2.24, 2.45) is 0 Å². The van der Waals surface area contributed by atoms with Gasteiger partial charge in [-0.05, 0) is 52.4 Å². The van der Waals surface area contributed by atoms with E-state index >= 15 is 0 Å². The Morgan fingerprint density at radius 3 is 2.78 bits per heavy atom. The average molecular weight is 381 g/mol. The maximum absolute atomic E-state index is 13.0. The Hall–Kier alpha value is -1.22. The second-order valence-electron chi connectivity index (χ2n) is 3.16. The van der Waals surface area contributed by atoms with E-state index in [-0.39, 0.29) is 23.1 Å². The van der Waals surface area contributed by atoms with Crippen LogP contribution in [0.15, 0.2) is 18.2 Å². The van der Waals surface area contributed by atoms with E-state index in [0.29, 0.717) is 9.26 Å². The molecule has 0 aliphatic carbocycles. The van der Waals surface area contributed by atoms with Crippen LogP contribution in [0.25, 0.3) is 0 Å². The number of hydrogen-bond acceptors (Lipinski definition) is 5. The van der Waals surface area contributed by atoms with Crippen molar-refractivity contribution >= 4 is 45.8 Å². The molecule has 0 aliphatic rings. The maximum Gasteiger partial charge on any atom is 0.322 e. The Balaban J connectivity index is 2.30. The maximum atomic E-state index is 13.0. The fourth-order valence-electron chi connectivity index (χ4n) is 1.19. The lowest BCUT2D eigenvalue weighted by Gasteiger charge is -2.07. The highest BCUT2D eigenvalue weighted by Gasteiger charge is 2.07. The van der Waals surface area contributed by atoms with Gasteiger partial charge in [0, 0.05) is 3.57 Å². The van der Waals surface area contributed by atoms with Gasteiger partial charge in [0.2, 0.25) is 11.2 Å². The number of aromatic nitrogens is 3. The zero-order valence-electron chi connectivity index (χ0n) is 9.12. The molecule has 0 spiro atoms. The molecule has 1 aromatic heterocycles. The van der Waals surface area contributed by atoms with Gasteiger partial charge >= 0.3 is 6.01 Å². The molecule has 1 aromatic carbocycles. The Morgan fingerprint density at radius 2 is 2.11 bits per heavy atom. The molecule has 1 N–H and O–H groups in total. The largest absolute Gasteiger partial charge is 0.467 e. The van der Waals surface area contributed by atoms with Crippen LogP contribution in [0.1, 0.15) is 0 Å². The summed E-state index contributed by atoms with van der Waals surface area (Å²) in [6.45, 7) is 0. The predicted molar refractivity (Wildman–Crippen MR) is 73.8 cm³/mol. The molecule has 8 heteroatoms. The van der Waals surface area contributed by atoms with Crippen LogP contribution in [0.5, 0.6) is 6.01 Å². The smallest absolute Gasteiger partial charge is 0.322 e. The number of hydrogen-bond donors (Lipinski definition) is 1. The summed E-state index contributed by atoms with van der Waals surface area (Å²) in [5.41, 5.74) is 0.668. The van der Waals surface area contributed by atoms with Crippen LogP contribution in [0.2, 0.25) is 5.28 Å². The van der Waals surface area contributed by atoms with Gasteiger partial charge in [-0.3, -0.25) is 0 Å². The molecule has 0 unspecified atom stereocenters. The molecule has 0 bridgehead atoms. The van der Waals surface area contributed by atoms with Gasteiger partial charge in [-0.2, -0.15) is 15.0 Å². The van der Waals surface area contributed by atoms with Crippen LogP contribution in [-0.2, 0) is 0 Å². The number of halogens is 3. The summed E-state index contributed by atoms with van der Waals surface area (Å²) in [7, 11) is 1.43. The number of nitrogens with zero attached hydrogens (tertiary/aromatic N) is 3. The van der Waals surface area contributed by atoms with E-state index in [0.717, 1.165) is 0 Å². The summed E-state index contributed by atoms with van der Waals surface area (Å²) in [5, 5.41) is 2.93. The number of anilines is 2. The van der Waals surface area contributed by atoms with E-state index in [2.05, 4.69) is 20.3 Å². The van der Waals surface area contributed by atoms with Gasteiger partial charge in [-0.15, -0.1) is 0 Å². The van der Waals surface area contributed by atoms with Gasteiger partial charge < -0.3 is 10.1 Å². The molecule has 0 atom stereocenters. The van der Waals surface area contributed by atoms with Crippen molar-refractivity contribution in [2.45, 2.75) is 0 Å². The summed E-state index contributed by atoms with van der Waals surface area (Å²) in [4.78, 5) is 11.6. The van der Waals surface area contributed by atoms with Gasteiger partial charge in [0.05, 0.1) is 12.8 Å². The third-order valence-electron chi connectivity index (χ3n) is 1.95. The van der Waals surface area contributed by atoms with E-state index in [1.807, 2.05) is 22.6 Å². The fraction of sp³-hybridized carbons (Fsp3) is 0.100. The van der Waals surface area contributed by atoms with Crippen molar-refractivity contribution < 1.29 is 9.13 Å². The lowest BCUT2D eigenvalue weighted by Crippen LogP contribution is -2.02. The van der Waals surface area contributed by atoms with Crippen LogP contribution in [0.3, 0.4) is 0 Å². The number of ether oxygens (including phenoxy) is 1. The van der Waals surface area contributed by atoms with E-state index in [4.69, 9.17) is 16.3 Å². The molecule has 1 heterocycles. The highest BCUT2D eigenvalue weighted by Crippen LogP contribution is 2.22. The first kappa shape index (κ1) is 13.2. The SMILES string of the molecule is COc1nc(Cl)nc(Nc2ccc(F)cc2I)n1. The number of nitrogens with one attached hydrogen (secondary N) is 1. The second kappa shape index (κ2) is 5.61. The Morgan fingerprint density at radius 1 is 1.33 bits per heavy atom. The van der Waals surface area contributed by atoms with Crippen LogP contribution >= 0.6 is 34.2 Å². The van der Waals surface area contributed by atoms with Crippen molar-refractivity contribution in [3.63, 3.8) is 0 Å². The molecule has 2 aromatic rings. The van der Waals surface area contributed by atoms with Crippen LogP contribution in [0, 0.1) is 9.39 Å². The van der Waals surface area contributed by atoms with Crippen LogP contribution < -0.4 is 10.1 Å². The highest BCUT2D eigenvalue weighted by atomic mass is 127. The van der Waals surface area contributed by atoms with Gasteiger partial charge in [0.25, 0.3) is 0 Å². The molecule has 0 aliphatic heterocycles. The minimum absolute atomic E-state index is 0.0152. The third kappa shape index (κ3) is 3.16. The Kier molecular flexibility index (Phi) is 4.12. The standard InChI is InChI=1S/C10H7ClFIN4O/c1-18-10-16-8(11)15-9(17-10)14-7-3-2-5(12)4-6(7)13/h2-4H,1H3,(H,14,15,16,17). The van der Waals surface area contributed by atoms with E-state index in [1.54, 1.807) is 6.07 Å². The zero-order chi connectivity index (χ0) is 13.1. The van der Waals surface area contributed by atoms with Crippen molar-refractivity contribution in [3.8, 4) is 6.01 Å². The van der Waals surface area contributed by atoms with Crippen molar-refractivity contribution in [1.29, 1.82) is 0 Å². The topological polar surface area (TPSA) is 59.9 Å². The monoisotopic (exact) mass is 380 g/mol. The molecule has 0 radical (unpaired) electrons. The van der Waals surface area contributed by atoms with E-state index in [9.17, 15) is 4.39 Å². The van der Waals surface area contributed by atoms with Crippen LogP contribution in [0.4, 0.5) is 16.0 Å². The average Bonchev–Trinajstić information content (AvgIpc) is 2.32. The van der Waals surface area contributed by atoms with Crippen molar-refractivity contribution in [1.82, 2.24) is 15.0 Å². The molecular weight excluding hydrogens is 373 g/mol. The third-order valence-corrected chi connectivity index (χ3v) is 3.01. The lowest BCUT2D eigenvalue weighted by molar-refractivity contribution is 0.379. The lowest BCUT2D eigenvalue weighted by atomic mass is 10.3. The van der Waals surface area contributed by atoms with E-state index in [1.165, 1.54) is 19.2 Å². The molecule has 0 saturated carbocycles. The first-order valence-electron chi connectivity index (χ1n) is 4.76. The van der Waals surface area contributed by atoms with E-state index < -0.39 is 0 Å². The summed E-state index contributed by atoms with van der Waals surface area (Å²) >= 11 is 7.72. The number of rotatable bonds is 3. The molecule has 0 fully saturated rings. The van der Waals surface area contributed by atoms with Gasteiger partial charge in [0.1, 0.15) is 5.82 Å². The van der Waals surface area contributed by atoms with Gasteiger partial charge in [-0.25, -0.2) is 4.39 Å². The summed E-state index contributed by atoms with van der Waals surface area (Å²) < 4.78 is 18.5. The molecule has 18 heavy (non-hydrogen) atoms.